The number of aryl methyl sites for hydroxylation is 1. The van der Waals surface area contributed by atoms with Gasteiger partial charge in [0.1, 0.15) is 17.9 Å². The summed E-state index contributed by atoms with van der Waals surface area (Å²) in [7, 11) is 0. The number of anilines is 1. The van der Waals surface area contributed by atoms with Gasteiger partial charge in [-0.3, -0.25) is 14.7 Å². The molecule has 6 rings (SSSR count). The molecule has 10 nitrogen and oxygen atoms in total. The zero-order valence-corrected chi connectivity index (χ0v) is 23.4. The monoisotopic (exact) mass is 577 g/mol. The summed E-state index contributed by atoms with van der Waals surface area (Å²) in [6, 6.07) is 5.48. The summed E-state index contributed by atoms with van der Waals surface area (Å²) in [6.45, 7) is 8.59. The number of fused-ring (bicyclic) bond motifs is 2. The van der Waals surface area contributed by atoms with E-state index in [2.05, 4.69) is 26.7 Å². The first-order valence-electron chi connectivity index (χ1n) is 13.6. The molecule has 0 unspecified atom stereocenters. The van der Waals surface area contributed by atoms with Crippen LogP contribution in [0.15, 0.2) is 37.1 Å². The fourth-order valence-electron chi connectivity index (χ4n) is 5.61. The normalized spacial score (nSPS) is 15.8. The number of halogens is 2. The molecule has 4 aromatic rings. The number of amides is 2. The van der Waals surface area contributed by atoms with Gasteiger partial charge in [0.15, 0.2) is 5.82 Å². The molecule has 2 aromatic carbocycles. The third-order valence-electron chi connectivity index (χ3n) is 7.75. The van der Waals surface area contributed by atoms with E-state index in [1.165, 1.54) is 6.08 Å². The Morgan fingerprint density at radius 3 is 2.71 bits per heavy atom. The van der Waals surface area contributed by atoms with Gasteiger partial charge in [-0.15, -0.1) is 0 Å². The Balaban J connectivity index is 1.43. The van der Waals surface area contributed by atoms with Crippen LogP contribution in [-0.4, -0.2) is 87.7 Å². The molecule has 2 aromatic heterocycles. The summed E-state index contributed by atoms with van der Waals surface area (Å²) in [4.78, 5) is 38.7. The second-order valence-electron chi connectivity index (χ2n) is 10.2. The smallest absolute Gasteiger partial charge is 0.319 e. The van der Waals surface area contributed by atoms with Crippen LogP contribution in [-0.2, 0) is 9.59 Å². The Labute approximate surface area is 240 Å². The molecule has 0 aliphatic carbocycles. The number of nitrogens with one attached hydrogen (secondary N) is 1. The SMILES string of the molecule is C=CC(=O)N1CCN(c2nc(OCCN3CCCC3=O)nc3c(F)c(-c4c(C)ccc5[nH]ncc45)c(Cl)cc23)CC1. The number of benzene rings is 2. The summed E-state index contributed by atoms with van der Waals surface area (Å²) in [5.74, 6) is -0.165. The molecule has 2 saturated heterocycles. The van der Waals surface area contributed by atoms with Gasteiger partial charge in [0.05, 0.1) is 23.3 Å². The van der Waals surface area contributed by atoms with Gasteiger partial charge in [0.25, 0.3) is 0 Å². The molecule has 0 bridgehead atoms. The number of rotatable bonds is 7. The molecular formula is C29H29ClFN7O3. The van der Waals surface area contributed by atoms with Crippen LogP contribution >= 0.6 is 11.6 Å². The van der Waals surface area contributed by atoms with E-state index >= 15 is 4.39 Å². The number of carbonyl (C=O) groups excluding carboxylic acids is 2. The van der Waals surface area contributed by atoms with E-state index in [0.29, 0.717) is 62.5 Å². The molecule has 1 N–H and O–H groups in total. The predicted octanol–water partition coefficient (Wildman–Crippen LogP) is 4.11. The largest absolute Gasteiger partial charge is 0.462 e. The summed E-state index contributed by atoms with van der Waals surface area (Å²) in [5, 5.41) is 8.47. The van der Waals surface area contributed by atoms with Gasteiger partial charge >= 0.3 is 6.01 Å². The van der Waals surface area contributed by atoms with Crippen LogP contribution in [0.5, 0.6) is 6.01 Å². The molecule has 2 aliphatic heterocycles. The van der Waals surface area contributed by atoms with Crippen LogP contribution in [0.25, 0.3) is 32.9 Å². The summed E-state index contributed by atoms with van der Waals surface area (Å²) in [6.07, 6.45) is 4.31. The molecule has 0 saturated carbocycles. The minimum Gasteiger partial charge on any atom is -0.462 e. The lowest BCUT2D eigenvalue weighted by atomic mass is 9.95. The van der Waals surface area contributed by atoms with Crippen LogP contribution in [0.1, 0.15) is 18.4 Å². The standard InChI is InChI=1S/C29H29ClFN7O3/c1-3-22(39)37-9-11-38(12-10-37)28-18-15-20(30)25(24-17(2)6-7-21-19(24)16-32-35-21)26(31)27(18)33-29(34-28)41-14-13-36-8-4-5-23(36)40/h3,6-7,15-16H,1,4-5,8-14H2,2H3,(H,32,35). The number of hydrogen-bond acceptors (Lipinski definition) is 7. The van der Waals surface area contributed by atoms with E-state index in [1.54, 1.807) is 22.1 Å². The van der Waals surface area contributed by atoms with Gasteiger partial charge in [-0.25, -0.2) is 4.39 Å². The highest BCUT2D eigenvalue weighted by molar-refractivity contribution is 6.35. The van der Waals surface area contributed by atoms with Crippen molar-refractivity contribution in [3.05, 3.63) is 53.5 Å². The molecule has 2 aliphatic rings. The van der Waals surface area contributed by atoms with Gasteiger partial charge < -0.3 is 19.4 Å². The number of aromatic nitrogens is 4. The maximum absolute atomic E-state index is 16.6. The minimum absolute atomic E-state index is 0.00848. The fourth-order valence-corrected chi connectivity index (χ4v) is 5.89. The van der Waals surface area contributed by atoms with Crippen molar-refractivity contribution in [2.45, 2.75) is 19.8 Å². The number of H-pyrrole nitrogens is 1. The Bertz CT molecular complexity index is 1680. The number of aromatic amines is 1. The van der Waals surface area contributed by atoms with Crippen molar-refractivity contribution in [3.63, 3.8) is 0 Å². The van der Waals surface area contributed by atoms with Crippen LogP contribution < -0.4 is 9.64 Å². The quantitative estimate of drug-likeness (QED) is 0.329. The Kier molecular flexibility index (Phi) is 7.21. The summed E-state index contributed by atoms with van der Waals surface area (Å²) >= 11 is 6.81. The molecule has 2 fully saturated rings. The fraction of sp³-hybridized carbons (Fsp3) is 0.345. The molecule has 12 heteroatoms. The van der Waals surface area contributed by atoms with Gasteiger partial charge in [-0.2, -0.15) is 15.1 Å². The van der Waals surface area contributed by atoms with Crippen molar-refractivity contribution < 1.29 is 18.7 Å². The molecule has 4 heterocycles. The summed E-state index contributed by atoms with van der Waals surface area (Å²) < 4.78 is 22.5. The molecule has 41 heavy (non-hydrogen) atoms. The minimum atomic E-state index is -0.590. The zero-order valence-electron chi connectivity index (χ0n) is 22.6. The van der Waals surface area contributed by atoms with Crippen molar-refractivity contribution >= 4 is 51.0 Å². The van der Waals surface area contributed by atoms with Crippen molar-refractivity contribution in [1.29, 1.82) is 0 Å². The molecule has 0 atom stereocenters. The van der Waals surface area contributed by atoms with Crippen molar-refractivity contribution in [2.24, 2.45) is 0 Å². The Hall–Kier alpha value is -4.25. The average Bonchev–Trinajstić information content (AvgIpc) is 3.62. The number of hydrogen-bond donors (Lipinski definition) is 1. The lowest BCUT2D eigenvalue weighted by molar-refractivity contribution is -0.128. The van der Waals surface area contributed by atoms with Crippen LogP contribution in [0.2, 0.25) is 5.02 Å². The molecule has 212 valence electrons. The van der Waals surface area contributed by atoms with Crippen molar-refractivity contribution in [2.75, 3.05) is 50.8 Å². The first-order chi connectivity index (χ1) is 19.9. The third-order valence-corrected chi connectivity index (χ3v) is 8.05. The van der Waals surface area contributed by atoms with Gasteiger partial charge in [0, 0.05) is 61.0 Å². The second-order valence-corrected chi connectivity index (χ2v) is 10.6. The van der Waals surface area contributed by atoms with E-state index in [1.807, 2.05) is 24.0 Å². The highest BCUT2D eigenvalue weighted by atomic mass is 35.5. The first-order valence-corrected chi connectivity index (χ1v) is 13.9. The van der Waals surface area contributed by atoms with Crippen LogP contribution in [0, 0.1) is 12.7 Å². The van der Waals surface area contributed by atoms with E-state index < -0.39 is 5.82 Å². The van der Waals surface area contributed by atoms with Crippen molar-refractivity contribution in [3.8, 4) is 17.1 Å². The highest BCUT2D eigenvalue weighted by Crippen LogP contribution is 2.42. The topological polar surface area (TPSA) is 108 Å². The summed E-state index contributed by atoms with van der Waals surface area (Å²) in [5.41, 5.74) is 2.53. The van der Waals surface area contributed by atoms with E-state index in [9.17, 15) is 9.59 Å². The van der Waals surface area contributed by atoms with Gasteiger partial charge in [0.2, 0.25) is 11.8 Å². The maximum Gasteiger partial charge on any atom is 0.319 e. The number of nitrogens with zero attached hydrogens (tertiary/aromatic N) is 6. The Morgan fingerprint density at radius 2 is 1.98 bits per heavy atom. The third kappa shape index (κ3) is 4.94. The average molecular weight is 578 g/mol. The van der Waals surface area contributed by atoms with Gasteiger partial charge in [-0.05, 0) is 37.1 Å². The van der Waals surface area contributed by atoms with Gasteiger partial charge in [-0.1, -0.05) is 24.2 Å². The number of piperazine rings is 1. The molecule has 0 radical (unpaired) electrons. The second kappa shape index (κ2) is 11.0. The maximum atomic E-state index is 16.6. The number of likely N-dealkylation sites (tertiary alicyclic amines) is 1. The van der Waals surface area contributed by atoms with E-state index in [-0.39, 0.29) is 40.5 Å². The van der Waals surface area contributed by atoms with Crippen LogP contribution in [0.3, 0.4) is 0 Å². The zero-order chi connectivity index (χ0) is 28.7. The highest BCUT2D eigenvalue weighted by Gasteiger charge is 2.27. The number of carbonyl (C=O) groups is 2. The lowest BCUT2D eigenvalue weighted by Gasteiger charge is -2.35. The van der Waals surface area contributed by atoms with E-state index in [4.69, 9.17) is 16.3 Å². The van der Waals surface area contributed by atoms with E-state index in [0.717, 1.165) is 22.9 Å². The molecular weight excluding hydrogens is 549 g/mol. The molecule has 2 amide bonds. The predicted molar refractivity (Wildman–Crippen MR) is 155 cm³/mol. The van der Waals surface area contributed by atoms with Crippen LogP contribution in [0.4, 0.5) is 10.2 Å². The lowest BCUT2D eigenvalue weighted by Crippen LogP contribution is -2.48. The Morgan fingerprint density at radius 1 is 1.17 bits per heavy atom. The molecule has 0 spiro atoms. The first kappa shape index (κ1) is 26.9. The number of ether oxygens (including phenoxy) is 1. The van der Waals surface area contributed by atoms with Crippen molar-refractivity contribution in [1.82, 2.24) is 30.0 Å².